The molecular weight excluding hydrogens is 242 g/mol. The van der Waals surface area contributed by atoms with Crippen molar-refractivity contribution in [1.82, 2.24) is 5.32 Å². The zero-order valence-electron chi connectivity index (χ0n) is 25.3. The van der Waals surface area contributed by atoms with Crippen molar-refractivity contribution in [2.75, 3.05) is 26.8 Å². The van der Waals surface area contributed by atoms with E-state index in [0.717, 1.165) is 7.11 Å². The summed E-state index contributed by atoms with van der Waals surface area (Å²) in [6, 6.07) is -6.79. The van der Waals surface area contributed by atoms with Crippen molar-refractivity contribution in [2.24, 2.45) is 0 Å². The van der Waals surface area contributed by atoms with Gasteiger partial charge in [-0.3, -0.25) is 0 Å². The zero-order chi connectivity index (χ0) is 27.1. The number of hydrogen-bond donors (Lipinski definition) is 2. The summed E-state index contributed by atoms with van der Waals surface area (Å²) in [4.78, 5) is 0. The molecule has 0 radical (unpaired) electrons. The molecule has 0 aliphatic heterocycles. The summed E-state index contributed by atoms with van der Waals surface area (Å²) >= 11 is 0. The standard InChI is InChI=1S/C15H25NO3/c1-12(2)16-10-14(17)11-19-15-6-4-13(5-7-15)8-9-18-3/h4-7,12,14,16-17H,8-11H2,1-3H3/i1D3,2D3,4D,5D,6D,7D,8D2,9D2,12D. The van der Waals surface area contributed by atoms with Gasteiger partial charge in [-0.15, -0.1) is 0 Å². The molecule has 19 heavy (non-hydrogen) atoms. The van der Waals surface area contributed by atoms with Gasteiger partial charge in [0.15, 0.2) is 0 Å². The van der Waals surface area contributed by atoms with E-state index in [1.54, 1.807) is 0 Å². The van der Waals surface area contributed by atoms with Gasteiger partial charge in [0.05, 0.1) is 14.8 Å². The fourth-order valence-corrected chi connectivity index (χ4v) is 0.996. The summed E-state index contributed by atoms with van der Waals surface area (Å²) in [7, 11) is 0.866. The largest absolute Gasteiger partial charge is 0.491 e. The maximum atomic E-state index is 10.1. The van der Waals surface area contributed by atoms with E-state index >= 15 is 0 Å². The molecule has 0 fully saturated rings. The van der Waals surface area contributed by atoms with E-state index in [9.17, 15) is 5.11 Å². The van der Waals surface area contributed by atoms with Crippen molar-refractivity contribution in [3.05, 3.63) is 29.7 Å². The molecule has 0 aromatic heterocycles. The molecule has 1 aromatic carbocycles. The van der Waals surface area contributed by atoms with Crippen LogP contribution in [0.3, 0.4) is 0 Å². The minimum atomic E-state index is -3.29. The molecule has 0 saturated heterocycles. The van der Waals surface area contributed by atoms with Crippen molar-refractivity contribution >= 4 is 0 Å². The molecule has 1 atom stereocenters. The molecule has 0 aliphatic carbocycles. The second-order valence-electron chi connectivity index (χ2n) is 3.36. The Hall–Kier alpha value is -1.10. The highest BCUT2D eigenvalue weighted by atomic mass is 16.5. The van der Waals surface area contributed by atoms with Crippen LogP contribution in [-0.2, 0) is 11.1 Å². The van der Waals surface area contributed by atoms with Crippen LogP contribution in [-0.4, -0.2) is 44.0 Å². The number of aliphatic hydroxyl groups excluding tert-OH is 1. The van der Waals surface area contributed by atoms with Gasteiger partial charge in [0.1, 0.15) is 18.5 Å². The van der Waals surface area contributed by atoms with Crippen LogP contribution in [0, 0.1) is 0 Å². The molecule has 108 valence electrons. The number of hydrogen-bond acceptors (Lipinski definition) is 4. The first-order chi connectivity index (χ1) is 15.1. The van der Waals surface area contributed by atoms with Crippen molar-refractivity contribution in [3.63, 3.8) is 0 Å². The average molecular weight is 282 g/mol. The van der Waals surface area contributed by atoms with Gasteiger partial charge >= 0.3 is 0 Å². The number of rotatable bonds is 9. The molecule has 4 heteroatoms. The van der Waals surface area contributed by atoms with Gasteiger partial charge in [-0.25, -0.2) is 0 Å². The van der Waals surface area contributed by atoms with Gasteiger partial charge in [-0.05, 0) is 24.0 Å². The minimum absolute atomic E-state index is 0.713. The highest BCUT2D eigenvalue weighted by Gasteiger charge is 2.05. The van der Waals surface area contributed by atoms with E-state index < -0.39 is 87.4 Å². The van der Waals surface area contributed by atoms with Gasteiger partial charge in [0.2, 0.25) is 0 Å². The summed E-state index contributed by atoms with van der Waals surface area (Å²) in [5, 5.41) is 12.0. The SMILES string of the molecule is [2H]c1c([2H])c(C([2H])([2H])C([2H])([2H])OC)c([2H])c([2H])c1OCC(O)CNC([2H])(C([2H])([2H])[2H])C([2H])([2H])[2H]. The first kappa shape index (κ1) is 4.72. The van der Waals surface area contributed by atoms with Crippen molar-refractivity contribution in [3.8, 4) is 5.75 Å². The monoisotopic (exact) mass is 282 g/mol. The Kier molecular flexibility index (Phi) is 2.21. The van der Waals surface area contributed by atoms with Crippen molar-refractivity contribution in [1.29, 1.82) is 0 Å². The molecule has 1 rings (SSSR count). The number of nitrogens with one attached hydrogen (secondary N) is 1. The molecule has 0 amide bonds. The van der Waals surface area contributed by atoms with E-state index in [1.165, 1.54) is 0 Å². The molecule has 1 aromatic rings. The summed E-state index contributed by atoms with van der Waals surface area (Å²) in [6.45, 7) is -11.1. The zero-order valence-corrected chi connectivity index (χ0v) is 10.3. The second kappa shape index (κ2) is 8.91. The van der Waals surface area contributed by atoms with Crippen LogP contribution < -0.4 is 10.1 Å². The Labute approximate surface area is 136 Å². The fourth-order valence-electron chi connectivity index (χ4n) is 0.996. The maximum Gasteiger partial charge on any atom is 0.119 e. The molecule has 0 bridgehead atoms. The van der Waals surface area contributed by atoms with E-state index in [2.05, 4.69) is 4.74 Å². The first-order valence-electron chi connectivity index (χ1n) is 12.8. The molecule has 1 unspecified atom stereocenters. The van der Waals surface area contributed by atoms with Crippen LogP contribution in [0.4, 0.5) is 0 Å². The van der Waals surface area contributed by atoms with Crippen LogP contribution in [0.5, 0.6) is 5.75 Å². The molecule has 2 N–H and O–H groups in total. The predicted molar refractivity (Wildman–Crippen MR) is 76.7 cm³/mol. The van der Waals surface area contributed by atoms with Crippen LogP contribution in [0.25, 0.3) is 0 Å². The van der Waals surface area contributed by atoms with E-state index in [1.807, 2.05) is 5.32 Å². The van der Waals surface area contributed by atoms with E-state index in [-0.39, 0.29) is 0 Å². The fraction of sp³-hybridized carbons (Fsp3) is 0.600. The Morgan fingerprint density at radius 2 is 2.21 bits per heavy atom. The van der Waals surface area contributed by atoms with Gasteiger partial charge in [0, 0.05) is 32.0 Å². The van der Waals surface area contributed by atoms with Crippen LogP contribution in [0.1, 0.15) is 39.8 Å². The van der Waals surface area contributed by atoms with Crippen LogP contribution in [0.2, 0.25) is 0 Å². The Morgan fingerprint density at radius 1 is 1.47 bits per heavy atom. The quantitative estimate of drug-likeness (QED) is 0.722. The summed E-state index contributed by atoms with van der Waals surface area (Å²) in [5.74, 6) is -0.713. The Morgan fingerprint density at radius 3 is 2.84 bits per heavy atom. The summed E-state index contributed by atoms with van der Waals surface area (Å²) in [5.41, 5.74) is -0.918. The van der Waals surface area contributed by atoms with Crippen LogP contribution in [0.15, 0.2) is 24.2 Å². The third-order valence-corrected chi connectivity index (χ3v) is 1.81. The number of methoxy groups -OCH3 is 1. The maximum absolute atomic E-state index is 10.1. The van der Waals surface area contributed by atoms with E-state index in [4.69, 9.17) is 25.3 Å². The Balaban J connectivity index is 3.17. The lowest BCUT2D eigenvalue weighted by Crippen LogP contribution is -2.35. The smallest absolute Gasteiger partial charge is 0.119 e. The summed E-state index contributed by atoms with van der Waals surface area (Å²) in [6.07, 6.45) is -4.74. The third-order valence-electron chi connectivity index (χ3n) is 1.81. The topological polar surface area (TPSA) is 50.7 Å². The number of aliphatic hydroxyl groups is 1. The number of ether oxygens (including phenoxy) is 2. The molecule has 0 aliphatic rings. The molecule has 0 spiro atoms. The number of benzene rings is 1. The highest BCUT2D eigenvalue weighted by Crippen LogP contribution is 2.12. The average Bonchev–Trinajstić information content (AvgIpc) is 2.68. The predicted octanol–water partition coefficient (Wildman–Crippen LogP) is 1.61. The second-order valence-corrected chi connectivity index (χ2v) is 3.36. The highest BCUT2D eigenvalue weighted by molar-refractivity contribution is 5.27. The lowest BCUT2D eigenvalue weighted by molar-refractivity contribution is 0.104. The lowest BCUT2D eigenvalue weighted by Gasteiger charge is -2.15. The van der Waals surface area contributed by atoms with Gasteiger partial charge in [-0.2, -0.15) is 0 Å². The minimum Gasteiger partial charge on any atom is -0.491 e. The van der Waals surface area contributed by atoms with Gasteiger partial charge in [-0.1, -0.05) is 25.8 Å². The van der Waals surface area contributed by atoms with E-state index in [0.29, 0.717) is 0 Å². The normalized spacial score (nSPS) is 27.6. The lowest BCUT2D eigenvalue weighted by atomic mass is 10.1. The molecule has 0 heterocycles. The first-order valence-corrected chi connectivity index (χ1v) is 5.28. The van der Waals surface area contributed by atoms with Crippen molar-refractivity contribution < 1.29 is 35.1 Å². The molecule has 4 nitrogen and oxygen atoms in total. The molecular formula is C15H25NO3. The summed E-state index contributed by atoms with van der Waals surface area (Å²) < 4.78 is 124. The third kappa shape index (κ3) is 7.15. The Bertz CT molecular complexity index is 840. The van der Waals surface area contributed by atoms with Crippen LogP contribution >= 0.6 is 0 Å². The molecule has 0 saturated carbocycles. The van der Waals surface area contributed by atoms with Gasteiger partial charge in [0.25, 0.3) is 0 Å². The van der Waals surface area contributed by atoms with Gasteiger partial charge < -0.3 is 19.9 Å². The van der Waals surface area contributed by atoms with Crippen molar-refractivity contribution in [2.45, 2.75) is 32.2 Å².